The van der Waals surface area contributed by atoms with Gasteiger partial charge in [0.2, 0.25) is 5.95 Å². The molecule has 7 nitrogen and oxygen atoms in total. The highest BCUT2D eigenvalue weighted by Gasteiger charge is 2.25. The maximum Gasteiger partial charge on any atom is 0.228 e. The van der Waals surface area contributed by atoms with Crippen LogP contribution in [0.25, 0.3) is 17.0 Å². The van der Waals surface area contributed by atoms with E-state index in [4.69, 9.17) is 0 Å². The monoisotopic (exact) mass is 452 g/mol. The average molecular weight is 453 g/mol. The molecular formula is C23H25FN6OS. The van der Waals surface area contributed by atoms with Gasteiger partial charge < -0.3 is 5.32 Å². The standard InChI is InChI=1S/C23H23FN6O.H2S/c1-13(2)20-12-26-30-22(20)28-21(16-7-17(24)11-25-10-16)29-23(30)27-18-5-3-15-9-19(31)6-4-14(15)8-18;/h4,6-7,10-13,18H,3,5,8-9H2,1-2H3,(H,27,28,29);1H2/t18-;/m0./s1. The Morgan fingerprint density at radius 3 is 2.81 bits per heavy atom. The number of aromatic nitrogens is 5. The van der Waals surface area contributed by atoms with Crippen molar-refractivity contribution in [1.29, 1.82) is 0 Å². The lowest BCUT2D eigenvalue weighted by atomic mass is 9.83. The fraction of sp³-hybridized carbons (Fsp3) is 0.348. The first-order valence-corrected chi connectivity index (χ1v) is 10.5. The SMILES string of the molecule is CC(C)c1cnn2c(N[C@H]3CCC4=C(C=CC(=O)C4)C3)nc(-c3cncc(F)c3)nc12.S. The summed E-state index contributed by atoms with van der Waals surface area (Å²) in [5, 5.41) is 8.05. The van der Waals surface area contributed by atoms with Crippen molar-refractivity contribution in [3.05, 3.63) is 59.3 Å². The number of halogens is 1. The van der Waals surface area contributed by atoms with Gasteiger partial charge in [0.25, 0.3) is 0 Å². The van der Waals surface area contributed by atoms with Gasteiger partial charge >= 0.3 is 0 Å². The maximum atomic E-state index is 13.8. The van der Waals surface area contributed by atoms with Crippen molar-refractivity contribution in [3.63, 3.8) is 0 Å². The number of hydrogen-bond acceptors (Lipinski definition) is 6. The van der Waals surface area contributed by atoms with Gasteiger partial charge in [-0.1, -0.05) is 25.5 Å². The van der Waals surface area contributed by atoms with E-state index in [1.54, 1.807) is 16.8 Å². The Bertz CT molecular complexity index is 1250. The van der Waals surface area contributed by atoms with Crippen LogP contribution in [0.4, 0.5) is 10.3 Å². The number of hydrogen-bond donors (Lipinski definition) is 1. The number of fused-ring (bicyclic) bond motifs is 1. The topological polar surface area (TPSA) is 85.1 Å². The summed E-state index contributed by atoms with van der Waals surface area (Å²) in [5.74, 6) is 0.947. The zero-order valence-electron chi connectivity index (χ0n) is 18.0. The van der Waals surface area contributed by atoms with Crippen molar-refractivity contribution in [2.24, 2.45) is 0 Å². The summed E-state index contributed by atoms with van der Waals surface area (Å²) in [6.45, 7) is 4.17. The van der Waals surface area contributed by atoms with Gasteiger partial charge in [-0.15, -0.1) is 0 Å². The molecule has 0 unspecified atom stereocenters. The molecule has 3 aromatic rings. The molecular weight excluding hydrogens is 427 g/mol. The Morgan fingerprint density at radius 2 is 2.03 bits per heavy atom. The minimum absolute atomic E-state index is 0. The highest BCUT2D eigenvalue weighted by Crippen LogP contribution is 2.33. The highest BCUT2D eigenvalue weighted by molar-refractivity contribution is 7.59. The Morgan fingerprint density at radius 1 is 1.19 bits per heavy atom. The summed E-state index contributed by atoms with van der Waals surface area (Å²) < 4.78 is 15.5. The molecule has 5 rings (SSSR count). The Balaban J connectivity index is 0.00000245. The number of ketones is 1. The molecule has 0 aromatic carbocycles. The van der Waals surface area contributed by atoms with Gasteiger partial charge in [0.1, 0.15) is 5.82 Å². The summed E-state index contributed by atoms with van der Waals surface area (Å²) >= 11 is 0. The lowest BCUT2D eigenvalue weighted by Crippen LogP contribution is -2.27. The van der Waals surface area contributed by atoms with E-state index in [1.165, 1.54) is 17.2 Å². The van der Waals surface area contributed by atoms with Crippen LogP contribution in [0.1, 0.15) is 51.0 Å². The van der Waals surface area contributed by atoms with Gasteiger partial charge in [-0.25, -0.2) is 9.37 Å². The van der Waals surface area contributed by atoms with E-state index in [1.807, 2.05) is 12.3 Å². The van der Waals surface area contributed by atoms with Crippen LogP contribution in [-0.4, -0.2) is 36.4 Å². The van der Waals surface area contributed by atoms with Crippen LogP contribution in [-0.2, 0) is 4.79 Å². The fourth-order valence-corrected chi connectivity index (χ4v) is 4.24. The molecule has 0 aliphatic heterocycles. The third kappa shape index (κ3) is 4.17. The Kier molecular flexibility index (Phi) is 6.10. The predicted molar refractivity (Wildman–Crippen MR) is 125 cm³/mol. The van der Waals surface area contributed by atoms with Crippen LogP contribution < -0.4 is 5.32 Å². The number of nitrogens with one attached hydrogen (secondary N) is 1. The van der Waals surface area contributed by atoms with Crippen LogP contribution in [0.3, 0.4) is 0 Å². The molecule has 32 heavy (non-hydrogen) atoms. The molecule has 2 aliphatic rings. The smallest absolute Gasteiger partial charge is 0.228 e. The zero-order chi connectivity index (χ0) is 21.5. The molecule has 9 heteroatoms. The molecule has 0 saturated heterocycles. The Labute approximate surface area is 192 Å². The maximum absolute atomic E-state index is 13.8. The molecule has 1 atom stereocenters. The number of anilines is 1. The fourth-order valence-electron chi connectivity index (χ4n) is 4.24. The summed E-state index contributed by atoms with van der Waals surface area (Å²) in [6.07, 6.45) is 11.3. The Hall–Kier alpha value is -3.07. The van der Waals surface area contributed by atoms with Crippen molar-refractivity contribution in [3.8, 4) is 11.4 Å². The van der Waals surface area contributed by atoms with E-state index in [0.29, 0.717) is 29.4 Å². The van der Waals surface area contributed by atoms with E-state index >= 15 is 0 Å². The minimum atomic E-state index is -0.432. The molecule has 2 aliphatic carbocycles. The van der Waals surface area contributed by atoms with Gasteiger partial charge in [0.15, 0.2) is 17.3 Å². The number of pyridine rings is 1. The third-order valence-corrected chi connectivity index (χ3v) is 5.89. The lowest BCUT2D eigenvalue weighted by molar-refractivity contribution is -0.114. The number of carbonyl (C=O) groups excluding carboxylic acids is 1. The summed E-state index contributed by atoms with van der Waals surface area (Å²) in [7, 11) is 0. The first-order valence-electron chi connectivity index (χ1n) is 10.5. The van der Waals surface area contributed by atoms with Crippen LogP contribution in [0.15, 0.2) is 48.0 Å². The zero-order valence-corrected chi connectivity index (χ0v) is 19.0. The van der Waals surface area contributed by atoms with Crippen molar-refractivity contribution >= 4 is 30.9 Å². The summed E-state index contributed by atoms with van der Waals surface area (Å²) in [4.78, 5) is 25.0. The van der Waals surface area contributed by atoms with E-state index in [-0.39, 0.29) is 31.2 Å². The predicted octanol–water partition coefficient (Wildman–Crippen LogP) is 4.35. The van der Waals surface area contributed by atoms with E-state index in [9.17, 15) is 9.18 Å². The quantitative estimate of drug-likeness (QED) is 0.633. The van der Waals surface area contributed by atoms with Crippen molar-refractivity contribution in [2.75, 3.05) is 5.32 Å². The molecule has 3 aromatic heterocycles. The van der Waals surface area contributed by atoms with Gasteiger partial charge in [-0.05, 0) is 42.9 Å². The minimum Gasteiger partial charge on any atom is -0.351 e. The molecule has 0 spiro atoms. The molecule has 1 N–H and O–H groups in total. The van der Waals surface area contributed by atoms with Crippen LogP contribution in [0.2, 0.25) is 0 Å². The molecule has 0 saturated carbocycles. The largest absolute Gasteiger partial charge is 0.351 e. The lowest BCUT2D eigenvalue weighted by Gasteiger charge is -2.28. The van der Waals surface area contributed by atoms with Gasteiger partial charge in [-0.3, -0.25) is 9.78 Å². The molecule has 3 heterocycles. The van der Waals surface area contributed by atoms with E-state index < -0.39 is 5.82 Å². The second kappa shape index (κ2) is 8.82. The highest BCUT2D eigenvalue weighted by atomic mass is 32.1. The van der Waals surface area contributed by atoms with Gasteiger partial charge in [0.05, 0.1) is 12.4 Å². The van der Waals surface area contributed by atoms with Crippen molar-refractivity contribution < 1.29 is 9.18 Å². The van der Waals surface area contributed by atoms with Gasteiger partial charge in [0, 0.05) is 29.8 Å². The average Bonchev–Trinajstić information content (AvgIpc) is 3.18. The van der Waals surface area contributed by atoms with Crippen LogP contribution >= 0.6 is 13.5 Å². The molecule has 0 bridgehead atoms. The third-order valence-electron chi connectivity index (χ3n) is 5.89. The second-order valence-corrected chi connectivity index (χ2v) is 8.44. The summed E-state index contributed by atoms with van der Waals surface area (Å²) in [6, 6.07) is 1.54. The first-order chi connectivity index (χ1) is 15.0. The molecule has 0 fully saturated rings. The van der Waals surface area contributed by atoms with Crippen LogP contribution in [0.5, 0.6) is 0 Å². The second-order valence-electron chi connectivity index (χ2n) is 8.44. The number of carbonyl (C=O) groups is 1. The summed E-state index contributed by atoms with van der Waals surface area (Å²) in [5.41, 5.74) is 4.69. The molecule has 166 valence electrons. The molecule has 0 radical (unpaired) electrons. The van der Waals surface area contributed by atoms with Crippen LogP contribution in [0, 0.1) is 5.82 Å². The van der Waals surface area contributed by atoms with Gasteiger partial charge in [-0.2, -0.15) is 28.1 Å². The number of nitrogens with zero attached hydrogens (tertiary/aromatic N) is 5. The first kappa shape index (κ1) is 22.1. The van der Waals surface area contributed by atoms with Crippen molar-refractivity contribution in [2.45, 2.75) is 51.5 Å². The normalized spacial score (nSPS) is 18.1. The number of allylic oxidation sites excluding steroid dienone is 3. The van der Waals surface area contributed by atoms with E-state index in [0.717, 1.165) is 31.0 Å². The number of rotatable bonds is 4. The molecule has 0 amide bonds. The van der Waals surface area contributed by atoms with E-state index in [2.05, 4.69) is 39.2 Å². The van der Waals surface area contributed by atoms with Crippen molar-refractivity contribution in [1.82, 2.24) is 24.6 Å².